The molecule has 13 heavy (non-hydrogen) atoms. The van der Waals surface area contributed by atoms with Crippen LogP contribution in [-0.2, 0) is 11.3 Å². The molecule has 1 N–H and O–H groups in total. The molecule has 1 aromatic heterocycles. The number of ether oxygens (including phenoxy) is 1. The lowest BCUT2D eigenvalue weighted by atomic mass is 10.1. The van der Waals surface area contributed by atoms with Crippen LogP contribution in [0.5, 0.6) is 5.88 Å². The average Bonchev–Trinajstić information content (AvgIpc) is 2.49. The molecule has 0 aromatic carbocycles. The summed E-state index contributed by atoms with van der Waals surface area (Å²) in [6.07, 6.45) is 1.79. The van der Waals surface area contributed by atoms with E-state index in [1.165, 1.54) is 0 Å². The lowest BCUT2D eigenvalue weighted by Crippen LogP contribution is -2.27. The number of rotatable bonds is 2. The van der Waals surface area contributed by atoms with Crippen molar-refractivity contribution in [1.29, 1.82) is 0 Å². The van der Waals surface area contributed by atoms with Crippen molar-refractivity contribution >= 4 is 5.97 Å². The van der Waals surface area contributed by atoms with E-state index < -0.39 is 5.97 Å². The molecule has 2 heterocycles. The number of hydrogen-bond acceptors (Lipinski definition) is 3. The predicted octanol–water partition coefficient (Wildman–Crippen LogP) is 0.366. The zero-order valence-corrected chi connectivity index (χ0v) is 7.01. The number of fused-ring (bicyclic) bond motifs is 1. The molecule has 0 bridgehead atoms. The van der Waals surface area contributed by atoms with Crippen LogP contribution in [0.2, 0.25) is 0 Å². The minimum absolute atomic E-state index is 0.0323. The Balaban J connectivity index is 2.04. The van der Waals surface area contributed by atoms with Crippen LogP contribution in [0.4, 0.5) is 0 Å². The van der Waals surface area contributed by atoms with Crippen LogP contribution < -0.4 is 4.74 Å². The molecule has 1 aliphatic heterocycles. The fraction of sp³-hybridized carbons (Fsp3) is 0.500. The SMILES string of the molecule is O=C(O)C[C@H]1COc2ccnn2C1. The van der Waals surface area contributed by atoms with E-state index in [1.807, 2.05) is 0 Å². The van der Waals surface area contributed by atoms with Gasteiger partial charge in [-0.3, -0.25) is 4.79 Å². The first-order valence-corrected chi connectivity index (χ1v) is 4.12. The summed E-state index contributed by atoms with van der Waals surface area (Å²) in [5.41, 5.74) is 0. The van der Waals surface area contributed by atoms with Crippen LogP contribution in [0, 0.1) is 5.92 Å². The van der Waals surface area contributed by atoms with E-state index in [4.69, 9.17) is 9.84 Å². The highest BCUT2D eigenvalue weighted by Gasteiger charge is 2.21. The van der Waals surface area contributed by atoms with Crippen LogP contribution in [0.1, 0.15) is 6.42 Å². The van der Waals surface area contributed by atoms with Crippen molar-refractivity contribution in [2.24, 2.45) is 5.92 Å². The van der Waals surface area contributed by atoms with Gasteiger partial charge in [-0.25, -0.2) is 4.68 Å². The maximum atomic E-state index is 10.4. The molecule has 0 aliphatic carbocycles. The van der Waals surface area contributed by atoms with E-state index in [1.54, 1.807) is 16.9 Å². The van der Waals surface area contributed by atoms with Gasteiger partial charge in [0.15, 0.2) is 0 Å². The van der Waals surface area contributed by atoms with E-state index in [0.717, 1.165) is 5.88 Å². The summed E-state index contributed by atoms with van der Waals surface area (Å²) in [4.78, 5) is 10.4. The maximum Gasteiger partial charge on any atom is 0.303 e. The fourth-order valence-electron chi connectivity index (χ4n) is 1.45. The Morgan fingerprint density at radius 2 is 2.69 bits per heavy atom. The summed E-state index contributed by atoms with van der Waals surface area (Å²) in [6.45, 7) is 1.10. The summed E-state index contributed by atoms with van der Waals surface area (Å²) >= 11 is 0. The predicted molar refractivity (Wildman–Crippen MR) is 43.5 cm³/mol. The highest BCUT2D eigenvalue weighted by atomic mass is 16.5. The molecule has 0 spiro atoms. The number of carbonyl (C=O) groups is 1. The third kappa shape index (κ3) is 1.63. The Labute approximate surface area is 74.9 Å². The van der Waals surface area contributed by atoms with Gasteiger partial charge in [-0.05, 0) is 0 Å². The number of carboxylic acids is 1. The van der Waals surface area contributed by atoms with Crippen LogP contribution in [-0.4, -0.2) is 27.5 Å². The summed E-state index contributed by atoms with van der Waals surface area (Å²) < 4.78 is 7.01. The molecular formula is C8H10N2O3. The molecule has 0 radical (unpaired) electrons. The zero-order valence-electron chi connectivity index (χ0n) is 7.01. The Morgan fingerprint density at radius 1 is 1.85 bits per heavy atom. The molecule has 5 nitrogen and oxygen atoms in total. The second-order valence-corrected chi connectivity index (χ2v) is 3.13. The Morgan fingerprint density at radius 3 is 3.46 bits per heavy atom. The van der Waals surface area contributed by atoms with Gasteiger partial charge in [0.25, 0.3) is 0 Å². The average molecular weight is 182 g/mol. The Bertz CT molecular complexity index is 321. The number of aliphatic carboxylic acids is 1. The molecule has 0 amide bonds. The maximum absolute atomic E-state index is 10.4. The van der Waals surface area contributed by atoms with Crippen molar-refractivity contribution in [3.05, 3.63) is 12.3 Å². The van der Waals surface area contributed by atoms with Gasteiger partial charge in [0.2, 0.25) is 5.88 Å². The topological polar surface area (TPSA) is 64.3 Å². The Kier molecular flexibility index (Phi) is 1.92. The second kappa shape index (κ2) is 3.08. The van der Waals surface area contributed by atoms with E-state index in [9.17, 15) is 4.79 Å². The highest BCUT2D eigenvalue weighted by Crippen LogP contribution is 2.20. The third-order valence-corrected chi connectivity index (χ3v) is 2.04. The quantitative estimate of drug-likeness (QED) is 0.717. The van der Waals surface area contributed by atoms with Gasteiger partial charge in [0.05, 0.1) is 25.8 Å². The normalized spacial score (nSPS) is 20.5. The van der Waals surface area contributed by atoms with Gasteiger partial charge >= 0.3 is 5.97 Å². The van der Waals surface area contributed by atoms with Crippen molar-refractivity contribution in [3.8, 4) is 5.88 Å². The van der Waals surface area contributed by atoms with E-state index in [-0.39, 0.29) is 12.3 Å². The van der Waals surface area contributed by atoms with Crippen LogP contribution >= 0.6 is 0 Å². The zero-order chi connectivity index (χ0) is 9.26. The van der Waals surface area contributed by atoms with Crippen molar-refractivity contribution in [1.82, 2.24) is 9.78 Å². The number of aromatic nitrogens is 2. The minimum atomic E-state index is -0.788. The van der Waals surface area contributed by atoms with Crippen LogP contribution in [0.3, 0.4) is 0 Å². The van der Waals surface area contributed by atoms with Gasteiger partial charge < -0.3 is 9.84 Å². The lowest BCUT2D eigenvalue weighted by Gasteiger charge is -2.22. The van der Waals surface area contributed by atoms with Gasteiger partial charge in [0.1, 0.15) is 0 Å². The molecular weight excluding hydrogens is 172 g/mol. The molecule has 1 aliphatic rings. The third-order valence-electron chi connectivity index (χ3n) is 2.04. The molecule has 0 unspecified atom stereocenters. The largest absolute Gasteiger partial charge is 0.481 e. The standard InChI is InChI=1S/C8H10N2O3/c11-8(12)3-6-4-10-7(13-5-6)1-2-9-10/h1-2,6H,3-5H2,(H,11,12)/t6-/m1/s1. The molecule has 0 fully saturated rings. The first kappa shape index (κ1) is 8.10. The number of hydrogen-bond donors (Lipinski definition) is 1. The van der Waals surface area contributed by atoms with E-state index >= 15 is 0 Å². The van der Waals surface area contributed by atoms with Crippen molar-refractivity contribution in [2.45, 2.75) is 13.0 Å². The monoisotopic (exact) mass is 182 g/mol. The Hall–Kier alpha value is -1.52. The van der Waals surface area contributed by atoms with Crippen molar-refractivity contribution in [2.75, 3.05) is 6.61 Å². The van der Waals surface area contributed by atoms with Gasteiger partial charge in [0, 0.05) is 12.0 Å². The summed E-state index contributed by atoms with van der Waals surface area (Å²) in [7, 11) is 0. The summed E-state index contributed by atoms with van der Waals surface area (Å²) in [6, 6.07) is 1.77. The smallest absolute Gasteiger partial charge is 0.303 e. The molecule has 5 heteroatoms. The second-order valence-electron chi connectivity index (χ2n) is 3.13. The molecule has 2 rings (SSSR count). The molecule has 1 aromatic rings. The van der Waals surface area contributed by atoms with E-state index in [0.29, 0.717) is 13.2 Å². The molecule has 0 saturated heterocycles. The van der Waals surface area contributed by atoms with Crippen molar-refractivity contribution < 1.29 is 14.6 Å². The van der Waals surface area contributed by atoms with Crippen LogP contribution in [0.15, 0.2) is 12.3 Å². The molecule has 70 valence electrons. The highest BCUT2D eigenvalue weighted by molar-refractivity contribution is 5.67. The minimum Gasteiger partial charge on any atom is -0.481 e. The lowest BCUT2D eigenvalue weighted by molar-refractivity contribution is -0.138. The molecule has 1 atom stereocenters. The van der Waals surface area contributed by atoms with Gasteiger partial charge in [-0.15, -0.1) is 0 Å². The van der Waals surface area contributed by atoms with Gasteiger partial charge in [-0.1, -0.05) is 0 Å². The molecule has 0 saturated carbocycles. The van der Waals surface area contributed by atoms with Crippen molar-refractivity contribution in [3.63, 3.8) is 0 Å². The first-order chi connectivity index (χ1) is 6.25. The first-order valence-electron chi connectivity index (χ1n) is 4.12. The fourth-order valence-corrected chi connectivity index (χ4v) is 1.45. The number of nitrogens with zero attached hydrogens (tertiary/aromatic N) is 2. The summed E-state index contributed by atoms with van der Waals surface area (Å²) in [5.74, 6) is -0.0317. The van der Waals surface area contributed by atoms with Gasteiger partial charge in [-0.2, -0.15) is 5.10 Å². The van der Waals surface area contributed by atoms with Crippen LogP contribution in [0.25, 0.3) is 0 Å². The summed E-state index contributed by atoms with van der Waals surface area (Å²) in [5, 5.41) is 12.6. The number of carboxylic acid groups (broad SMARTS) is 1. The van der Waals surface area contributed by atoms with E-state index in [2.05, 4.69) is 5.10 Å².